The van der Waals surface area contributed by atoms with Gasteiger partial charge >= 0.3 is 0 Å². The predicted molar refractivity (Wildman–Crippen MR) is 58.2 cm³/mol. The third-order valence-electron chi connectivity index (χ3n) is 2.06. The summed E-state index contributed by atoms with van der Waals surface area (Å²) in [4.78, 5) is 10.4. The van der Waals surface area contributed by atoms with E-state index >= 15 is 0 Å². The van der Waals surface area contributed by atoms with Gasteiger partial charge < -0.3 is 4.90 Å². The van der Waals surface area contributed by atoms with Crippen LogP contribution in [0.25, 0.3) is 5.95 Å². The second-order valence-corrected chi connectivity index (χ2v) is 3.60. The zero-order chi connectivity index (χ0) is 10.8. The molecule has 0 aliphatic carbocycles. The summed E-state index contributed by atoms with van der Waals surface area (Å²) >= 11 is 0. The fraction of sp³-hybridized carbons (Fsp3) is 0.300. The summed E-state index contributed by atoms with van der Waals surface area (Å²) in [7, 11) is 3.91. The van der Waals surface area contributed by atoms with Crippen LogP contribution in [0.3, 0.4) is 0 Å². The summed E-state index contributed by atoms with van der Waals surface area (Å²) in [6.07, 6.45) is 7.23. The number of hydrogen-bond donors (Lipinski definition) is 0. The molecule has 2 aromatic heterocycles. The summed E-state index contributed by atoms with van der Waals surface area (Å²) in [5, 5.41) is 4.14. The van der Waals surface area contributed by atoms with E-state index in [0.717, 1.165) is 11.3 Å². The lowest BCUT2D eigenvalue weighted by Crippen LogP contribution is -2.10. The van der Waals surface area contributed by atoms with Crippen LogP contribution in [0.4, 0.5) is 5.69 Å². The molecule has 0 N–H and O–H groups in total. The lowest BCUT2D eigenvalue weighted by atomic mass is 10.4. The molecule has 15 heavy (non-hydrogen) atoms. The number of nitrogens with zero attached hydrogens (tertiary/aromatic N) is 5. The Kier molecular flexibility index (Phi) is 2.37. The van der Waals surface area contributed by atoms with E-state index in [4.69, 9.17) is 0 Å². The van der Waals surface area contributed by atoms with Crippen molar-refractivity contribution < 1.29 is 0 Å². The van der Waals surface area contributed by atoms with E-state index in [9.17, 15) is 0 Å². The maximum Gasteiger partial charge on any atom is 0.250 e. The van der Waals surface area contributed by atoms with Crippen molar-refractivity contribution in [3.8, 4) is 5.95 Å². The molecule has 0 radical (unpaired) electrons. The van der Waals surface area contributed by atoms with Gasteiger partial charge in [0.25, 0.3) is 5.95 Å². The summed E-state index contributed by atoms with van der Waals surface area (Å²) in [5.41, 5.74) is 2.07. The molecule has 2 rings (SSSR count). The number of aromatic nitrogens is 4. The zero-order valence-electron chi connectivity index (χ0n) is 9.05. The van der Waals surface area contributed by atoms with Crippen molar-refractivity contribution in [2.45, 2.75) is 6.92 Å². The average molecular weight is 203 g/mol. The Hall–Kier alpha value is -1.91. The Morgan fingerprint density at radius 3 is 2.27 bits per heavy atom. The van der Waals surface area contributed by atoms with Gasteiger partial charge in [0, 0.05) is 20.3 Å². The van der Waals surface area contributed by atoms with Crippen LogP contribution in [-0.4, -0.2) is 33.8 Å². The van der Waals surface area contributed by atoms with Gasteiger partial charge in [0.1, 0.15) is 0 Å². The average Bonchev–Trinajstić information content (AvgIpc) is 2.65. The van der Waals surface area contributed by atoms with Crippen molar-refractivity contribution >= 4 is 5.69 Å². The second-order valence-electron chi connectivity index (χ2n) is 3.60. The third-order valence-corrected chi connectivity index (χ3v) is 2.06. The number of aryl methyl sites for hydroxylation is 1. The molecule has 78 valence electrons. The highest BCUT2D eigenvalue weighted by atomic mass is 15.3. The van der Waals surface area contributed by atoms with Gasteiger partial charge in [0.05, 0.1) is 24.3 Å². The molecule has 0 unspecified atom stereocenters. The molecule has 0 aliphatic rings. The molecule has 0 saturated carbocycles. The topological polar surface area (TPSA) is 46.8 Å². The van der Waals surface area contributed by atoms with Crippen molar-refractivity contribution in [1.29, 1.82) is 0 Å². The Labute approximate surface area is 88.4 Å². The maximum absolute atomic E-state index is 4.23. The van der Waals surface area contributed by atoms with Gasteiger partial charge in [-0.1, -0.05) is 0 Å². The first kappa shape index (κ1) is 9.64. The van der Waals surface area contributed by atoms with Gasteiger partial charge in [0.2, 0.25) is 0 Å². The predicted octanol–water partition coefficient (Wildman–Crippen LogP) is 1.04. The number of anilines is 1. The van der Waals surface area contributed by atoms with Gasteiger partial charge in [-0.25, -0.2) is 14.6 Å². The van der Waals surface area contributed by atoms with E-state index in [-0.39, 0.29) is 0 Å². The molecule has 5 heteroatoms. The highest BCUT2D eigenvalue weighted by molar-refractivity contribution is 5.40. The molecule has 0 amide bonds. The first-order valence-electron chi connectivity index (χ1n) is 4.68. The highest BCUT2D eigenvalue weighted by Crippen LogP contribution is 2.08. The number of hydrogen-bond acceptors (Lipinski definition) is 4. The SMILES string of the molecule is Cc1cnn(-c2ncc(N(C)C)cn2)c1. The molecule has 2 aromatic rings. The standard InChI is InChI=1S/C10H13N5/c1-8-4-13-15(7-8)10-11-5-9(6-12-10)14(2)3/h4-7H,1-3H3. The Morgan fingerprint density at radius 1 is 1.13 bits per heavy atom. The molecule has 0 fully saturated rings. The van der Waals surface area contributed by atoms with Gasteiger partial charge in [-0.15, -0.1) is 0 Å². The summed E-state index contributed by atoms with van der Waals surface area (Å²) in [6, 6.07) is 0. The van der Waals surface area contributed by atoms with E-state index in [2.05, 4.69) is 15.1 Å². The van der Waals surface area contributed by atoms with Crippen molar-refractivity contribution in [3.63, 3.8) is 0 Å². The van der Waals surface area contributed by atoms with Gasteiger partial charge in [-0.2, -0.15) is 5.10 Å². The molecule has 0 spiro atoms. The van der Waals surface area contributed by atoms with Crippen LogP contribution >= 0.6 is 0 Å². The van der Waals surface area contributed by atoms with Gasteiger partial charge in [-0.3, -0.25) is 0 Å². The van der Waals surface area contributed by atoms with Crippen LogP contribution in [0.15, 0.2) is 24.8 Å². The maximum atomic E-state index is 4.23. The quantitative estimate of drug-likeness (QED) is 0.731. The van der Waals surface area contributed by atoms with Crippen LogP contribution in [0.5, 0.6) is 0 Å². The van der Waals surface area contributed by atoms with Crippen LogP contribution < -0.4 is 4.90 Å². The lowest BCUT2D eigenvalue weighted by molar-refractivity contribution is 0.806. The van der Waals surface area contributed by atoms with Gasteiger partial charge in [-0.05, 0) is 12.5 Å². The molecular formula is C10H13N5. The molecule has 0 aliphatic heterocycles. The van der Waals surface area contributed by atoms with Crippen molar-refractivity contribution in [2.75, 3.05) is 19.0 Å². The van der Waals surface area contributed by atoms with Crippen LogP contribution in [0.2, 0.25) is 0 Å². The largest absolute Gasteiger partial charge is 0.375 e. The minimum Gasteiger partial charge on any atom is -0.375 e. The molecule has 2 heterocycles. The Balaban J connectivity index is 2.31. The Bertz CT molecular complexity index is 443. The van der Waals surface area contributed by atoms with E-state index in [0.29, 0.717) is 5.95 Å². The summed E-state index contributed by atoms with van der Waals surface area (Å²) in [6.45, 7) is 1.98. The zero-order valence-corrected chi connectivity index (χ0v) is 9.05. The fourth-order valence-electron chi connectivity index (χ4n) is 1.19. The molecule has 0 aromatic carbocycles. The van der Waals surface area contributed by atoms with Crippen LogP contribution in [0.1, 0.15) is 5.56 Å². The summed E-state index contributed by atoms with van der Waals surface area (Å²) in [5.74, 6) is 0.591. The Morgan fingerprint density at radius 2 is 1.80 bits per heavy atom. The molecule has 0 bridgehead atoms. The van der Waals surface area contributed by atoms with Crippen molar-refractivity contribution in [2.24, 2.45) is 0 Å². The molecule has 0 atom stereocenters. The first-order chi connectivity index (χ1) is 7.16. The monoisotopic (exact) mass is 203 g/mol. The van der Waals surface area contributed by atoms with E-state index in [1.807, 2.05) is 32.1 Å². The molecular weight excluding hydrogens is 190 g/mol. The normalized spacial score (nSPS) is 10.3. The summed E-state index contributed by atoms with van der Waals surface area (Å²) < 4.78 is 1.66. The van der Waals surface area contributed by atoms with E-state index in [1.165, 1.54) is 0 Å². The minimum absolute atomic E-state index is 0.591. The second kappa shape index (κ2) is 3.68. The van der Waals surface area contributed by atoms with Crippen LogP contribution in [0, 0.1) is 6.92 Å². The van der Waals surface area contributed by atoms with Crippen molar-refractivity contribution in [3.05, 3.63) is 30.4 Å². The minimum atomic E-state index is 0.591. The van der Waals surface area contributed by atoms with E-state index < -0.39 is 0 Å². The lowest BCUT2D eigenvalue weighted by Gasteiger charge is -2.10. The smallest absolute Gasteiger partial charge is 0.250 e. The molecule has 5 nitrogen and oxygen atoms in total. The van der Waals surface area contributed by atoms with Gasteiger partial charge in [0.15, 0.2) is 0 Å². The fourth-order valence-corrected chi connectivity index (χ4v) is 1.19. The first-order valence-corrected chi connectivity index (χ1v) is 4.68. The highest BCUT2D eigenvalue weighted by Gasteiger charge is 2.02. The number of rotatable bonds is 2. The van der Waals surface area contributed by atoms with Crippen molar-refractivity contribution in [1.82, 2.24) is 19.7 Å². The van der Waals surface area contributed by atoms with Crippen LogP contribution in [-0.2, 0) is 0 Å². The molecule has 0 saturated heterocycles. The van der Waals surface area contributed by atoms with E-state index in [1.54, 1.807) is 23.3 Å². The third kappa shape index (κ3) is 1.96.